The highest BCUT2D eigenvalue weighted by Gasteiger charge is 2.22. The molecule has 158 valence electrons. The molecule has 1 fully saturated rings. The van der Waals surface area contributed by atoms with E-state index in [1.54, 1.807) is 18.3 Å². The van der Waals surface area contributed by atoms with Crippen molar-refractivity contribution < 1.29 is 13.9 Å². The number of rotatable bonds is 7. The normalized spacial score (nSPS) is 14.2. The molecule has 0 atom stereocenters. The van der Waals surface area contributed by atoms with Gasteiger partial charge in [0, 0.05) is 23.8 Å². The van der Waals surface area contributed by atoms with Crippen molar-refractivity contribution in [2.24, 2.45) is 0 Å². The lowest BCUT2D eigenvalue weighted by Gasteiger charge is -2.14. The van der Waals surface area contributed by atoms with Crippen LogP contribution < -0.4 is 15.4 Å². The maximum atomic E-state index is 14.3. The van der Waals surface area contributed by atoms with Gasteiger partial charge in [0.15, 0.2) is 17.1 Å². The summed E-state index contributed by atoms with van der Waals surface area (Å²) in [4.78, 5) is 19.3. The minimum atomic E-state index is -0.438. The van der Waals surface area contributed by atoms with E-state index in [0.717, 1.165) is 19.6 Å². The SMILES string of the molecule is COc1c(C(=O)NCCN2CCCC2)cn2ncnc(Nc3ccc(Br)cc3F)c12. The van der Waals surface area contributed by atoms with Crippen LogP contribution in [0.1, 0.15) is 23.2 Å². The van der Waals surface area contributed by atoms with Crippen molar-refractivity contribution in [3.05, 3.63) is 46.6 Å². The summed E-state index contributed by atoms with van der Waals surface area (Å²) in [6.07, 6.45) is 5.34. The summed E-state index contributed by atoms with van der Waals surface area (Å²) in [5.74, 6) is -0.0302. The van der Waals surface area contributed by atoms with Crippen LogP contribution >= 0.6 is 15.9 Å². The molecule has 0 radical (unpaired) electrons. The number of carbonyl (C=O) groups excluding carboxylic acids is 1. The number of likely N-dealkylation sites (tertiary alicyclic amines) is 1. The average Bonchev–Trinajstić information content (AvgIpc) is 3.37. The molecule has 0 saturated carbocycles. The number of ether oxygens (including phenoxy) is 1. The van der Waals surface area contributed by atoms with Gasteiger partial charge < -0.3 is 20.3 Å². The molecule has 1 aliphatic heterocycles. The second kappa shape index (κ2) is 8.97. The van der Waals surface area contributed by atoms with Gasteiger partial charge >= 0.3 is 0 Å². The largest absolute Gasteiger partial charge is 0.493 e. The van der Waals surface area contributed by atoms with E-state index in [4.69, 9.17) is 4.74 Å². The number of hydrogen-bond donors (Lipinski definition) is 2. The number of halogens is 2. The van der Waals surface area contributed by atoms with Crippen LogP contribution in [0.4, 0.5) is 15.9 Å². The fraction of sp³-hybridized carbons (Fsp3) is 0.350. The molecule has 3 heterocycles. The second-order valence-electron chi connectivity index (χ2n) is 7.03. The molecule has 0 aliphatic carbocycles. The summed E-state index contributed by atoms with van der Waals surface area (Å²) in [6, 6.07) is 4.67. The van der Waals surface area contributed by atoms with Crippen LogP contribution in [0.15, 0.2) is 35.2 Å². The van der Waals surface area contributed by atoms with E-state index in [0.29, 0.717) is 33.7 Å². The van der Waals surface area contributed by atoms with E-state index in [2.05, 4.69) is 41.5 Å². The van der Waals surface area contributed by atoms with Crippen molar-refractivity contribution in [3.8, 4) is 5.75 Å². The quantitative estimate of drug-likeness (QED) is 0.544. The lowest BCUT2D eigenvalue weighted by atomic mass is 10.2. The first-order valence-electron chi connectivity index (χ1n) is 9.70. The third kappa shape index (κ3) is 4.24. The molecule has 1 amide bonds. The average molecular weight is 477 g/mol. The zero-order valence-corrected chi connectivity index (χ0v) is 18.1. The zero-order chi connectivity index (χ0) is 21.1. The van der Waals surface area contributed by atoms with Crippen LogP contribution in [0.5, 0.6) is 5.75 Å². The predicted molar refractivity (Wildman–Crippen MR) is 115 cm³/mol. The van der Waals surface area contributed by atoms with Crippen LogP contribution in [0.2, 0.25) is 0 Å². The smallest absolute Gasteiger partial charge is 0.256 e. The zero-order valence-electron chi connectivity index (χ0n) is 16.5. The van der Waals surface area contributed by atoms with Gasteiger partial charge in [-0.15, -0.1) is 0 Å². The van der Waals surface area contributed by atoms with Crippen molar-refractivity contribution in [1.82, 2.24) is 24.8 Å². The molecule has 2 aromatic heterocycles. The van der Waals surface area contributed by atoms with Gasteiger partial charge in [-0.3, -0.25) is 4.79 Å². The third-order valence-electron chi connectivity index (χ3n) is 5.07. The molecule has 0 unspecified atom stereocenters. The van der Waals surface area contributed by atoms with Crippen molar-refractivity contribution in [2.45, 2.75) is 12.8 Å². The van der Waals surface area contributed by atoms with E-state index in [1.165, 1.54) is 36.9 Å². The molecule has 30 heavy (non-hydrogen) atoms. The maximum Gasteiger partial charge on any atom is 0.256 e. The van der Waals surface area contributed by atoms with E-state index >= 15 is 0 Å². The fourth-order valence-corrected chi connectivity index (χ4v) is 3.92. The lowest BCUT2D eigenvalue weighted by molar-refractivity contribution is 0.0947. The van der Waals surface area contributed by atoms with Crippen LogP contribution in [0, 0.1) is 5.82 Å². The molecule has 4 rings (SSSR count). The van der Waals surface area contributed by atoms with Gasteiger partial charge in [0.1, 0.15) is 17.7 Å². The summed E-state index contributed by atoms with van der Waals surface area (Å²) in [6.45, 7) is 3.52. The Balaban J connectivity index is 1.59. The number of benzene rings is 1. The predicted octanol–water partition coefficient (Wildman–Crippen LogP) is 3.21. The van der Waals surface area contributed by atoms with Crippen molar-refractivity contribution in [3.63, 3.8) is 0 Å². The van der Waals surface area contributed by atoms with Crippen molar-refractivity contribution in [2.75, 3.05) is 38.6 Å². The number of hydrogen-bond acceptors (Lipinski definition) is 6. The minimum Gasteiger partial charge on any atom is -0.493 e. The van der Waals surface area contributed by atoms with E-state index in [-0.39, 0.29) is 11.6 Å². The van der Waals surface area contributed by atoms with E-state index in [9.17, 15) is 9.18 Å². The molecule has 0 spiro atoms. The molecule has 1 saturated heterocycles. The summed E-state index contributed by atoms with van der Waals surface area (Å²) in [5.41, 5.74) is 1.05. The van der Waals surface area contributed by atoms with Gasteiger partial charge in [0.05, 0.1) is 12.8 Å². The van der Waals surface area contributed by atoms with Crippen LogP contribution in [0.25, 0.3) is 5.52 Å². The molecule has 0 bridgehead atoms. The topological polar surface area (TPSA) is 83.8 Å². The molecular weight excluding hydrogens is 455 g/mol. The van der Waals surface area contributed by atoms with Crippen LogP contribution in [0.3, 0.4) is 0 Å². The molecule has 1 aliphatic rings. The lowest BCUT2D eigenvalue weighted by Crippen LogP contribution is -2.33. The highest BCUT2D eigenvalue weighted by atomic mass is 79.9. The standard InChI is InChI=1S/C20H22BrFN6O2/c1-30-18-14(20(29)23-6-9-27-7-2-3-8-27)11-28-17(18)19(24-12-25-28)26-16-5-4-13(21)10-15(16)22/h4-5,10-12H,2-3,6-9H2,1H3,(H,23,29)(H,24,25,26). The fourth-order valence-electron chi connectivity index (χ4n) is 3.59. The monoisotopic (exact) mass is 476 g/mol. The molecule has 3 aromatic rings. The first-order chi connectivity index (χ1) is 14.6. The van der Waals surface area contributed by atoms with Gasteiger partial charge in [-0.25, -0.2) is 13.9 Å². The molecule has 10 heteroatoms. The third-order valence-corrected chi connectivity index (χ3v) is 5.57. The number of nitrogens with one attached hydrogen (secondary N) is 2. The first-order valence-corrected chi connectivity index (χ1v) is 10.5. The number of nitrogens with zero attached hydrogens (tertiary/aromatic N) is 4. The Morgan fingerprint density at radius 3 is 2.87 bits per heavy atom. The van der Waals surface area contributed by atoms with E-state index < -0.39 is 5.82 Å². The van der Waals surface area contributed by atoms with Crippen molar-refractivity contribution in [1.29, 1.82) is 0 Å². The Kier molecular flexibility index (Phi) is 6.14. The summed E-state index contributed by atoms with van der Waals surface area (Å²) < 4.78 is 21.9. The number of methoxy groups -OCH3 is 1. The Morgan fingerprint density at radius 2 is 2.13 bits per heavy atom. The highest BCUT2D eigenvalue weighted by molar-refractivity contribution is 9.10. The van der Waals surface area contributed by atoms with Crippen LogP contribution in [-0.4, -0.2) is 58.7 Å². The van der Waals surface area contributed by atoms with Gasteiger partial charge in [0.2, 0.25) is 0 Å². The number of fused-ring (bicyclic) bond motifs is 1. The Hall–Kier alpha value is -2.72. The first kappa shape index (κ1) is 20.5. The Morgan fingerprint density at radius 1 is 1.33 bits per heavy atom. The van der Waals surface area contributed by atoms with Crippen LogP contribution in [-0.2, 0) is 0 Å². The second-order valence-corrected chi connectivity index (χ2v) is 7.95. The number of amides is 1. The van der Waals surface area contributed by atoms with E-state index in [1.807, 2.05) is 0 Å². The highest BCUT2D eigenvalue weighted by Crippen LogP contribution is 2.33. The molecular formula is C20H22BrFN6O2. The van der Waals surface area contributed by atoms with Gasteiger partial charge in [-0.1, -0.05) is 15.9 Å². The number of anilines is 2. The summed E-state index contributed by atoms with van der Waals surface area (Å²) in [7, 11) is 1.48. The van der Waals surface area contributed by atoms with Gasteiger partial charge in [0.25, 0.3) is 5.91 Å². The molecule has 8 nitrogen and oxygen atoms in total. The number of aromatic nitrogens is 3. The van der Waals surface area contributed by atoms with Gasteiger partial charge in [-0.05, 0) is 44.1 Å². The Bertz CT molecular complexity index is 1070. The number of carbonyl (C=O) groups is 1. The Labute approximate surface area is 181 Å². The van der Waals surface area contributed by atoms with Crippen molar-refractivity contribution >= 4 is 38.9 Å². The summed E-state index contributed by atoms with van der Waals surface area (Å²) >= 11 is 3.24. The maximum absolute atomic E-state index is 14.3. The molecule has 2 N–H and O–H groups in total. The van der Waals surface area contributed by atoms with Gasteiger partial charge in [-0.2, -0.15) is 5.10 Å². The summed E-state index contributed by atoms with van der Waals surface area (Å²) in [5, 5.41) is 10.1. The molecule has 1 aromatic carbocycles. The minimum absolute atomic E-state index is 0.249.